The van der Waals surface area contributed by atoms with Crippen molar-refractivity contribution < 1.29 is 40.4 Å². The van der Waals surface area contributed by atoms with E-state index in [4.69, 9.17) is 42.1 Å². The number of carbonyl (C=O) groups is 1. The number of aliphatic hydroxyl groups excluding tert-OH is 5. The van der Waals surface area contributed by atoms with Crippen molar-refractivity contribution in [3.8, 4) is 0 Å². The first-order valence-corrected chi connectivity index (χ1v) is 11.2. The molecular weight excluding hydrogens is 454 g/mol. The van der Waals surface area contributed by atoms with E-state index in [2.05, 4.69) is 4.98 Å². The van der Waals surface area contributed by atoms with Crippen LogP contribution in [0.3, 0.4) is 0 Å². The predicted molar refractivity (Wildman–Crippen MR) is 122 cm³/mol. The fraction of sp³-hybridized carbons (Fsp3) is 0.800. The molecule has 1 unspecified atom stereocenters. The molecule has 14 heteroatoms. The predicted octanol–water partition coefficient (Wildman–Crippen LogP) is -1.38. The van der Waals surface area contributed by atoms with Crippen molar-refractivity contribution in [2.75, 3.05) is 13.2 Å². The molecule has 10 N–H and O–H groups in total. The van der Waals surface area contributed by atoms with E-state index in [-0.39, 0.29) is 11.9 Å². The zero-order valence-electron chi connectivity index (χ0n) is 19.4. The summed E-state index contributed by atoms with van der Waals surface area (Å²) < 4.78 is 1.63. The molecule has 198 valence electrons. The van der Waals surface area contributed by atoms with E-state index in [9.17, 15) is 14.9 Å². The molecule has 0 aromatic carbocycles. The van der Waals surface area contributed by atoms with Crippen molar-refractivity contribution in [1.29, 1.82) is 0 Å². The van der Waals surface area contributed by atoms with Crippen LogP contribution in [0.25, 0.3) is 0 Å². The van der Waals surface area contributed by atoms with Crippen LogP contribution in [0.5, 0.6) is 0 Å². The maximum Gasteiger partial charge on any atom is 0.342 e. The number of aliphatic hydroxyl groups is 5. The second-order valence-corrected chi connectivity index (χ2v) is 7.98. The Kier molecular flexibility index (Phi) is 16.1. The van der Waals surface area contributed by atoms with E-state index in [1.54, 1.807) is 11.5 Å². The number of aromatic nitrogens is 2. The molecule has 0 saturated heterocycles. The Hall–Kier alpha value is -2.20. The van der Waals surface area contributed by atoms with Gasteiger partial charge in [0.25, 0.3) is 0 Å². The Balaban J connectivity index is 0.000000722. The van der Waals surface area contributed by atoms with Crippen LogP contribution in [0, 0.1) is 17.0 Å². The molecule has 1 aromatic heterocycles. The van der Waals surface area contributed by atoms with Gasteiger partial charge in [-0.25, -0.2) is 14.3 Å². The van der Waals surface area contributed by atoms with Gasteiger partial charge in [-0.15, -0.1) is 0 Å². The third-order valence-corrected chi connectivity index (χ3v) is 5.23. The Bertz CT molecular complexity index is 719. The summed E-state index contributed by atoms with van der Waals surface area (Å²) in [5.41, 5.74) is 11.5. The van der Waals surface area contributed by atoms with Gasteiger partial charge in [-0.3, -0.25) is 0 Å². The molecule has 5 atom stereocenters. The molecule has 0 saturated carbocycles. The second-order valence-electron chi connectivity index (χ2n) is 7.98. The number of aryl methyl sites for hydroxylation is 1. The molecule has 0 bridgehead atoms. The molecular formula is C20H39N5O9. The lowest BCUT2D eigenvalue weighted by Crippen LogP contribution is -2.48. The normalized spacial score (nSPS) is 15.5. The molecule has 0 spiro atoms. The molecule has 0 aliphatic rings. The number of hydrogen-bond donors (Lipinski definition) is 8. The molecule has 0 radical (unpaired) electrons. The highest BCUT2D eigenvalue weighted by atomic mass is 16.6. The number of hydrogen-bond acceptors (Lipinski definition) is 11. The summed E-state index contributed by atoms with van der Waals surface area (Å²) in [4.78, 5) is 24.6. The molecule has 34 heavy (non-hydrogen) atoms. The molecule has 0 aliphatic heterocycles. The Morgan fingerprint density at radius 2 is 1.71 bits per heavy atom. The van der Waals surface area contributed by atoms with Crippen LogP contribution in [-0.2, 0) is 11.3 Å². The molecule has 1 rings (SSSR count). The van der Waals surface area contributed by atoms with Crippen LogP contribution in [0.2, 0.25) is 0 Å². The minimum absolute atomic E-state index is 0.0430. The van der Waals surface area contributed by atoms with Crippen LogP contribution in [-0.4, -0.2) is 94.7 Å². The van der Waals surface area contributed by atoms with Gasteiger partial charge in [-0.05, 0) is 24.3 Å². The summed E-state index contributed by atoms with van der Waals surface area (Å²) in [6.07, 6.45) is 0.937. The lowest BCUT2D eigenvalue weighted by Gasteiger charge is -2.23. The highest BCUT2D eigenvalue weighted by Crippen LogP contribution is 2.16. The molecule has 1 heterocycles. The van der Waals surface area contributed by atoms with Crippen molar-refractivity contribution >= 4 is 11.8 Å². The summed E-state index contributed by atoms with van der Waals surface area (Å²) in [5, 5.41) is 62.7. The standard InChI is InChI=1S/C14H27N5O2.C6H12O7/c1-12-17-11-14(19(20)21)18(12)10-8-13(16)7-5-3-2-4-6-9-15;7-1-2(8)3(9)4(10)5(11)6(12)13/h11,13H,2-10,15-16H2,1H3;2-5,7-11H,1H2,(H,12,13)/t;2-,3-,4+,5-/m.1/s1. The molecule has 1 aromatic rings. The van der Waals surface area contributed by atoms with Gasteiger partial charge < -0.3 is 52.2 Å². The van der Waals surface area contributed by atoms with Crippen molar-refractivity contribution in [1.82, 2.24) is 9.55 Å². The number of carboxylic acids is 1. The Morgan fingerprint density at radius 3 is 2.24 bits per heavy atom. The number of rotatable bonds is 16. The van der Waals surface area contributed by atoms with Gasteiger partial charge in [0.15, 0.2) is 11.9 Å². The van der Waals surface area contributed by atoms with E-state index in [0.29, 0.717) is 12.4 Å². The monoisotopic (exact) mass is 493 g/mol. The fourth-order valence-electron chi connectivity index (χ4n) is 3.07. The second kappa shape index (κ2) is 17.3. The minimum atomic E-state index is -2.20. The van der Waals surface area contributed by atoms with Crippen molar-refractivity contribution in [3.05, 3.63) is 22.1 Å². The number of imidazole rings is 1. The summed E-state index contributed by atoms with van der Waals surface area (Å²) in [7, 11) is 0. The number of carboxylic acid groups (broad SMARTS) is 1. The first-order chi connectivity index (χ1) is 16.0. The van der Waals surface area contributed by atoms with Gasteiger partial charge in [0.05, 0.1) is 13.2 Å². The number of nitro groups is 1. The molecule has 0 aliphatic carbocycles. The van der Waals surface area contributed by atoms with E-state index in [1.807, 2.05) is 0 Å². The molecule has 0 fully saturated rings. The number of nitrogens with two attached hydrogens (primary N) is 2. The van der Waals surface area contributed by atoms with Crippen LogP contribution in [0.4, 0.5) is 5.82 Å². The first-order valence-electron chi connectivity index (χ1n) is 11.2. The van der Waals surface area contributed by atoms with Crippen LogP contribution in [0.1, 0.15) is 50.8 Å². The average molecular weight is 494 g/mol. The summed E-state index contributed by atoms with van der Waals surface area (Å²) >= 11 is 0. The van der Waals surface area contributed by atoms with E-state index in [1.165, 1.54) is 25.5 Å². The van der Waals surface area contributed by atoms with Crippen LogP contribution < -0.4 is 11.5 Å². The third kappa shape index (κ3) is 11.8. The minimum Gasteiger partial charge on any atom is -0.479 e. The maximum absolute atomic E-state index is 10.9. The van der Waals surface area contributed by atoms with Crippen molar-refractivity contribution in [2.24, 2.45) is 11.5 Å². The maximum atomic E-state index is 10.9. The van der Waals surface area contributed by atoms with Gasteiger partial charge in [0.1, 0.15) is 24.5 Å². The number of unbranched alkanes of at least 4 members (excludes halogenated alkanes) is 4. The zero-order valence-corrected chi connectivity index (χ0v) is 19.4. The van der Waals surface area contributed by atoms with Crippen molar-refractivity contribution in [2.45, 2.75) is 88.9 Å². The fourth-order valence-corrected chi connectivity index (χ4v) is 3.07. The smallest absolute Gasteiger partial charge is 0.342 e. The van der Waals surface area contributed by atoms with E-state index < -0.39 is 41.9 Å². The summed E-state index contributed by atoms with van der Waals surface area (Å²) in [6, 6.07) is 0.0842. The quantitative estimate of drug-likeness (QED) is 0.0753. The zero-order chi connectivity index (χ0) is 26.3. The van der Waals surface area contributed by atoms with Crippen LogP contribution >= 0.6 is 0 Å². The van der Waals surface area contributed by atoms with Gasteiger partial charge in [0, 0.05) is 19.4 Å². The first kappa shape index (κ1) is 31.8. The van der Waals surface area contributed by atoms with Gasteiger partial charge in [-0.2, -0.15) is 0 Å². The molecule has 0 amide bonds. The van der Waals surface area contributed by atoms with Gasteiger partial charge in [-0.1, -0.05) is 25.7 Å². The lowest BCUT2D eigenvalue weighted by atomic mass is 10.0. The number of nitrogens with zero attached hydrogens (tertiary/aromatic N) is 3. The summed E-state index contributed by atoms with van der Waals surface area (Å²) in [6.45, 7) is 2.25. The Morgan fingerprint density at radius 1 is 1.12 bits per heavy atom. The number of aliphatic carboxylic acids is 1. The van der Waals surface area contributed by atoms with Gasteiger partial charge in [0.2, 0.25) is 0 Å². The van der Waals surface area contributed by atoms with E-state index >= 15 is 0 Å². The lowest BCUT2D eigenvalue weighted by molar-refractivity contribution is -0.392. The highest BCUT2D eigenvalue weighted by Gasteiger charge is 2.33. The third-order valence-electron chi connectivity index (χ3n) is 5.23. The Labute approximate surface area is 198 Å². The van der Waals surface area contributed by atoms with Gasteiger partial charge >= 0.3 is 11.8 Å². The van der Waals surface area contributed by atoms with Crippen LogP contribution in [0.15, 0.2) is 6.20 Å². The highest BCUT2D eigenvalue weighted by molar-refractivity contribution is 5.72. The van der Waals surface area contributed by atoms with E-state index in [0.717, 1.165) is 32.2 Å². The average Bonchev–Trinajstić information content (AvgIpc) is 3.18. The summed E-state index contributed by atoms with van der Waals surface area (Å²) in [5.74, 6) is -1.02. The topological polar surface area (TPSA) is 251 Å². The SMILES string of the molecule is Cc1ncc([N+](=O)[O-])n1CCC(N)CCCCCCCN.O=C(O)[C@H](O)[C@@H](O)[C@H](O)[C@H](O)CO. The largest absolute Gasteiger partial charge is 0.479 e. The molecule has 14 nitrogen and oxygen atoms in total. The van der Waals surface area contributed by atoms with Crippen molar-refractivity contribution in [3.63, 3.8) is 0 Å².